The lowest BCUT2D eigenvalue weighted by molar-refractivity contribution is 0.287. The fraction of sp³-hybridized carbons (Fsp3) is 0.235. The summed E-state index contributed by atoms with van der Waals surface area (Å²) in [5.74, 6) is 1.85. The second-order valence-electron chi connectivity index (χ2n) is 10.3. The average molecular weight is 567 g/mol. The predicted octanol–water partition coefficient (Wildman–Crippen LogP) is 7.78. The first-order valence-corrected chi connectivity index (χ1v) is 15.6. The van der Waals surface area contributed by atoms with Crippen LogP contribution in [0.2, 0.25) is 0 Å². The van der Waals surface area contributed by atoms with Crippen molar-refractivity contribution in [2.45, 2.75) is 37.1 Å². The fourth-order valence-corrected chi connectivity index (χ4v) is 7.00. The Hall–Kier alpha value is -4.23. The van der Waals surface area contributed by atoms with Gasteiger partial charge in [-0.15, -0.1) is 0 Å². The molecule has 0 spiro atoms. The third-order valence-electron chi connectivity index (χ3n) is 7.82. The highest BCUT2D eigenvalue weighted by atomic mass is 32.2. The van der Waals surface area contributed by atoms with Crippen LogP contribution in [0.15, 0.2) is 108 Å². The molecule has 1 aliphatic carbocycles. The van der Waals surface area contributed by atoms with E-state index in [2.05, 4.69) is 34.3 Å². The molecule has 0 unspecified atom stereocenters. The van der Waals surface area contributed by atoms with Gasteiger partial charge in [0, 0.05) is 17.3 Å². The number of hydrogen-bond donors (Lipinski definition) is 2. The number of hydrogen-bond acceptors (Lipinski definition) is 5. The molecule has 0 saturated carbocycles. The number of nitrogens with one attached hydrogen (secondary N) is 2. The molecule has 1 heterocycles. The molecular formula is C34H34N2O4S. The molecule has 6 rings (SSSR count). The Morgan fingerprint density at radius 2 is 1.56 bits per heavy atom. The second-order valence-corrected chi connectivity index (χ2v) is 12.0. The zero-order valence-corrected chi connectivity index (χ0v) is 24.0. The van der Waals surface area contributed by atoms with E-state index in [1.54, 1.807) is 18.2 Å². The van der Waals surface area contributed by atoms with Crippen molar-refractivity contribution in [1.82, 2.24) is 0 Å². The molecule has 0 fully saturated rings. The SMILES string of the molecule is CCOc1ccc([C@H]2Nc3ccc(S(=O)(=O)Nc4ccc(-c5ccccc5)cc4)cc3[C@H]3C=CC[C@H]32)cc1OCC. The van der Waals surface area contributed by atoms with Crippen LogP contribution in [0.5, 0.6) is 11.5 Å². The van der Waals surface area contributed by atoms with Crippen molar-refractivity contribution >= 4 is 21.4 Å². The van der Waals surface area contributed by atoms with E-state index in [4.69, 9.17) is 9.47 Å². The fourth-order valence-electron chi connectivity index (χ4n) is 5.91. The summed E-state index contributed by atoms with van der Waals surface area (Å²) in [6.45, 7) is 5.06. The third-order valence-corrected chi connectivity index (χ3v) is 9.19. The molecule has 4 aromatic rings. The summed E-state index contributed by atoms with van der Waals surface area (Å²) in [6.07, 6.45) is 5.31. The summed E-state index contributed by atoms with van der Waals surface area (Å²) in [6, 6.07) is 29.0. The van der Waals surface area contributed by atoms with Crippen LogP contribution in [0.4, 0.5) is 11.4 Å². The topological polar surface area (TPSA) is 76.7 Å². The Kier molecular flexibility index (Phi) is 7.45. The van der Waals surface area contributed by atoms with Gasteiger partial charge in [0.1, 0.15) is 0 Å². The number of benzene rings is 4. The second kappa shape index (κ2) is 11.3. The van der Waals surface area contributed by atoms with Crippen LogP contribution in [-0.4, -0.2) is 21.6 Å². The number of allylic oxidation sites excluding steroid dienone is 2. The first-order chi connectivity index (χ1) is 20.0. The molecule has 41 heavy (non-hydrogen) atoms. The predicted molar refractivity (Wildman–Crippen MR) is 164 cm³/mol. The van der Waals surface area contributed by atoms with Gasteiger partial charge in [0.2, 0.25) is 0 Å². The molecular weight excluding hydrogens is 532 g/mol. The highest BCUT2D eigenvalue weighted by Gasteiger charge is 2.38. The maximum Gasteiger partial charge on any atom is 0.261 e. The lowest BCUT2D eigenvalue weighted by Gasteiger charge is -2.38. The largest absolute Gasteiger partial charge is 0.490 e. The maximum absolute atomic E-state index is 13.4. The van der Waals surface area contributed by atoms with E-state index in [-0.39, 0.29) is 22.8 Å². The monoisotopic (exact) mass is 566 g/mol. The van der Waals surface area contributed by atoms with Gasteiger partial charge < -0.3 is 14.8 Å². The Balaban J connectivity index is 1.26. The molecule has 0 bridgehead atoms. The molecule has 0 radical (unpaired) electrons. The van der Waals surface area contributed by atoms with Crippen LogP contribution in [0.3, 0.4) is 0 Å². The number of rotatable bonds is 9. The normalized spacial score (nSPS) is 19.1. The molecule has 4 aromatic carbocycles. The molecule has 210 valence electrons. The van der Waals surface area contributed by atoms with E-state index in [1.165, 1.54) is 0 Å². The molecule has 2 aliphatic rings. The van der Waals surface area contributed by atoms with Crippen molar-refractivity contribution < 1.29 is 17.9 Å². The Morgan fingerprint density at radius 3 is 2.32 bits per heavy atom. The minimum Gasteiger partial charge on any atom is -0.490 e. The summed E-state index contributed by atoms with van der Waals surface area (Å²) >= 11 is 0. The van der Waals surface area contributed by atoms with Crippen molar-refractivity contribution in [3.63, 3.8) is 0 Å². The van der Waals surface area contributed by atoms with E-state index in [0.29, 0.717) is 18.9 Å². The van der Waals surface area contributed by atoms with E-state index in [9.17, 15) is 8.42 Å². The van der Waals surface area contributed by atoms with Crippen LogP contribution in [0, 0.1) is 5.92 Å². The quantitative estimate of drug-likeness (QED) is 0.202. The Morgan fingerprint density at radius 1 is 0.829 bits per heavy atom. The van der Waals surface area contributed by atoms with Crippen LogP contribution in [0.25, 0.3) is 11.1 Å². The zero-order valence-electron chi connectivity index (χ0n) is 23.2. The van der Waals surface area contributed by atoms with Gasteiger partial charge in [-0.2, -0.15) is 0 Å². The molecule has 7 heteroatoms. The van der Waals surface area contributed by atoms with Crippen molar-refractivity contribution in [3.8, 4) is 22.6 Å². The summed E-state index contributed by atoms with van der Waals surface area (Å²) in [7, 11) is -3.77. The van der Waals surface area contributed by atoms with Gasteiger partial charge in [-0.3, -0.25) is 4.72 Å². The van der Waals surface area contributed by atoms with Gasteiger partial charge in [0.05, 0.1) is 24.2 Å². The summed E-state index contributed by atoms with van der Waals surface area (Å²) < 4.78 is 41.3. The molecule has 6 nitrogen and oxygen atoms in total. The van der Waals surface area contributed by atoms with Gasteiger partial charge in [0.15, 0.2) is 11.5 Å². The molecule has 1 aliphatic heterocycles. The van der Waals surface area contributed by atoms with Crippen molar-refractivity contribution in [2.24, 2.45) is 5.92 Å². The highest BCUT2D eigenvalue weighted by Crippen LogP contribution is 2.51. The number of sulfonamides is 1. The number of fused-ring (bicyclic) bond motifs is 3. The first-order valence-electron chi connectivity index (χ1n) is 14.1. The molecule has 0 amide bonds. The van der Waals surface area contributed by atoms with Gasteiger partial charge >= 0.3 is 0 Å². The Labute approximate surface area is 242 Å². The van der Waals surface area contributed by atoms with Crippen LogP contribution < -0.4 is 19.5 Å². The minimum absolute atomic E-state index is 0.0566. The maximum atomic E-state index is 13.4. The van der Waals surface area contributed by atoms with Gasteiger partial charge in [-0.05, 0) is 90.9 Å². The van der Waals surface area contributed by atoms with Crippen LogP contribution >= 0.6 is 0 Å². The summed E-state index contributed by atoms with van der Waals surface area (Å²) in [5, 5.41) is 3.70. The van der Waals surface area contributed by atoms with Crippen molar-refractivity contribution in [2.75, 3.05) is 23.3 Å². The van der Waals surface area contributed by atoms with E-state index in [0.717, 1.165) is 45.9 Å². The van der Waals surface area contributed by atoms with Crippen molar-refractivity contribution in [3.05, 3.63) is 114 Å². The van der Waals surface area contributed by atoms with E-state index < -0.39 is 10.0 Å². The highest BCUT2D eigenvalue weighted by molar-refractivity contribution is 7.92. The zero-order chi connectivity index (χ0) is 28.4. The standard InChI is InChI=1S/C34H34N2O4S/c1-3-39-32-20-15-25(21-33(32)40-4-2)34-29-12-8-11-28(29)30-22-27(18-19-31(30)35-34)41(37,38)36-26-16-13-24(14-17-26)23-9-6-5-7-10-23/h5-11,13-22,28-29,34-36H,3-4,12H2,1-2H3/t28-,29+,34+/m0/s1. The summed E-state index contributed by atoms with van der Waals surface area (Å²) in [5.41, 5.74) is 5.71. The van der Waals surface area contributed by atoms with Crippen LogP contribution in [-0.2, 0) is 10.0 Å². The molecule has 0 saturated heterocycles. The first kappa shape index (κ1) is 27.0. The third kappa shape index (κ3) is 5.42. The Bertz CT molecular complexity index is 1670. The minimum atomic E-state index is -3.77. The average Bonchev–Trinajstić information content (AvgIpc) is 3.49. The lowest BCUT2D eigenvalue weighted by atomic mass is 9.77. The van der Waals surface area contributed by atoms with E-state index in [1.807, 2.05) is 74.5 Å². The van der Waals surface area contributed by atoms with E-state index >= 15 is 0 Å². The smallest absolute Gasteiger partial charge is 0.261 e. The van der Waals surface area contributed by atoms with Gasteiger partial charge in [-0.25, -0.2) is 8.42 Å². The molecule has 2 N–H and O–H groups in total. The lowest BCUT2D eigenvalue weighted by Crippen LogP contribution is -2.29. The van der Waals surface area contributed by atoms with Crippen molar-refractivity contribution in [1.29, 1.82) is 0 Å². The number of ether oxygens (including phenoxy) is 2. The molecule has 0 aromatic heterocycles. The van der Waals surface area contributed by atoms with Crippen LogP contribution in [0.1, 0.15) is 43.4 Å². The van der Waals surface area contributed by atoms with Gasteiger partial charge in [0.25, 0.3) is 10.0 Å². The number of anilines is 2. The van der Waals surface area contributed by atoms with Gasteiger partial charge in [-0.1, -0.05) is 60.7 Å². The summed E-state index contributed by atoms with van der Waals surface area (Å²) in [4.78, 5) is 0.252. The molecule has 3 atom stereocenters.